The first-order valence-corrected chi connectivity index (χ1v) is 9.12. The lowest BCUT2D eigenvalue weighted by Crippen LogP contribution is -2.46. The van der Waals surface area contributed by atoms with Crippen LogP contribution in [-0.2, 0) is 23.9 Å². The van der Waals surface area contributed by atoms with Gasteiger partial charge in [-0.2, -0.15) is 13.2 Å². The van der Waals surface area contributed by atoms with Crippen LogP contribution in [0.15, 0.2) is 6.20 Å². The Morgan fingerprint density at radius 2 is 1.93 bits per heavy atom. The fourth-order valence-electron chi connectivity index (χ4n) is 3.78. The first-order chi connectivity index (χ1) is 12.7. The highest BCUT2D eigenvalue weighted by Gasteiger charge is 2.35. The fraction of sp³-hybridized carbons (Fsp3) is 0.706. The predicted molar refractivity (Wildman–Crippen MR) is 89.0 cm³/mol. The zero-order valence-electron chi connectivity index (χ0n) is 14.8. The normalized spacial score (nSPS) is 25.5. The smallest absolute Gasteiger partial charge is 0.434 e. The molecule has 0 aromatic carbocycles. The van der Waals surface area contributed by atoms with E-state index in [-0.39, 0.29) is 23.9 Å². The Morgan fingerprint density at radius 3 is 2.56 bits per heavy atom. The second kappa shape index (κ2) is 7.77. The number of hydrogen-bond donors (Lipinski definition) is 3. The standard InChI is InChI=1S/C17H23F3N4O3/c18-17(19,20)13-9-24-8-10(1-6-14(24)23-13)7-21-16(27)22-12-4-2-11(3-5-12)15(25)26/h9-12H,1-8H2,(H,25,26)(H2,21,22,27). The number of halogens is 3. The SMILES string of the molecule is O=C(NCC1CCc2nc(C(F)(F)F)cn2C1)NC1CCC(C(=O)O)CC1. The summed E-state index contributed by atoms with van der Waals surface area (Å²) in [6.45, 7) is 0.762. The molecule has 0 saturated heterocycles. The molecule has 27 heavy (non-hydrogen) atoms. The van der Waals surface area contributed by atoms with Gasteiger partial charge in [-0.05, 0) is 38.0 Å². The van der Waals surface area contributed by atoms with Gasteiger partial charge >= 0.3 is 18.2 Å². The zero-order chi connectivity index (χ0) is 19.6. The molecular weight excluding hydrogens is 365 g/mol. The van der Waals surface area contributed by atoms with Gasteiger partial charge in [0.25, 0.3) is 0 Å². The average Bonchev–Trinajstić information content (AvgIpc) is 3.04. The van der Waals surface area contributed by atoms with E-state index in [1.54, 1.807) is 0 Å². The van der Waals surface area contributed by atoms with E-state index in [4.69, 9.17) is 5.11 Å². The van der Waals surface area contributed by atoms with Crippen molar-refractivity contribution in [2.24, 2.45) is 11.8 Å². The summed E-state index contributed by atoms with van der Waals surface area (Å²) in [6, 6.07) is -0.359. The number of rotatable bonds is 4. The van der Waals surface area contributed by atoms with Gasteiger partial charge in [0.2, 0.25) is 0 Å². The van der Waals surface area contributed by atoms with E-state index in [9.17, 15) is 22.8 Å². The topological polar surface area (TPSA) is 96.3 Å². The number of alkyl halides is 3. The molecule has 7 nitrogen and oxygen atoms in total. The average molecular weight is 388 g/mol. The molecule has 0 radical (unpaired) electrons. The number of carbonyl (C=O) groups is 2. The van der Waals surface area contributed by atoms with Crippen LogP contribution in [0.2, 0.25) is 0 Å². The monoisotopic (exact) mass is 388 g/mol. The Balaban J connectivity index is 1.42. The van der Waals surface area contributed by atoms with Gasteiger partial charge in [-0.3, -0.25) is 4.79 Å². The molecule has 1 aromatic heterocycles. The Kier molecular flexibility index (Phi) is 5.61. The van der Waals surface area contributed by atoms with Crippen molar-refractivity contribution >= 4 is 12.0 Å². The third kappa shape index (κ3) is 4.92. The first kappa shape index (κ1) is 19.5. The molecule has 1 atom stereocenters. The maximum Gasteiger partial charge on any atom is 0.434 e. The Morgan fingerprint density at radius 1 is 1.22 bits per heavy atom. The van der Waals surface area contributed by atoms with E-state index < -0.39 is 17.8 Å². The van der Waals surface area contributed by atoms with Gasteiger partial charge < -0.3 is 20.3 Å². The third-order valence-electron chi connectivity index (χ3n) is 5.34. The molecule has 2 heterocycles. The number of imidazole rings is 1. The van der Waals surface area contributed by atoms with E-state index in [1.807, 2.05) is 0 Å². The minimum absolute atomic E-state index is 0.0402. The Hall–Kier alpha value is -2.26. The molecule has 1 aromatic rings. The molecule has 2 aliphatic rings. The van der Waals surface area contributed by atoms with E-state index in [0.717, 1.165) is 6.20 Å². The summed E-state index contributed by atoms with van der Waals surface area (Å²) in [5.74, 6) is -0.651. The molecule has 0 spiro atoms. The molecule has 0 bridgehead atoms. The second-order valence-corrected chi connectivity index (χ2v) is 7.34. The van der Waals surface area contributed by atoms with E-state index in [2.05, 4.69) is 15.6 Å². The van der Waals surface area contributed by atoms with Gasteiger partial charge in [-0.25, -0.2) is 9.78 Å². The minimum Gasteiger partial charge on any atom is -0.481 e. The Labute approximate surface area is 154 Å². The van der Waals surface area contributed by atoms with Crippen LogP contribution in [-0.4, -0.2) is 39.2 Å². The lowest BCUT2D eigenvalue weighted by molar-refractivity contribution is -0.143. The van der Waals surface area contributed by atoms with Crippen molar-refractivity contribution in [2.75, 3.05) is 6.54 Å². The summed E-state index contributed by atoms with van der Waals surface area (Å²) >= 11 is 0. The van der Waals surface area contributed by atoms with Gasteiger partial charge in [0.15, 0.2) is 5.69 Å². The fourth-order valence-corrected chi connectivity index (χ4v) is 3.78. The van der Waals surface area contributed by atoms with Gasteiger partial charge in [0.1, 0.15) is 5.82 Å². The predicted octanol–water partition coefficient (Wildman–Crippen LogP) is 2.41. The summed E-state index contributed by atoms with van der Waals surface area (Å²) in [5, 5.41) is 14.6. The third-order valence-corrected chi connectivity index (χ3v) is 5.34. The van der Waals surface area contributed by atoms with Crippen LogP contribution < -0.4 is 10.6 Å². The highest BCUT2D eigenvalue weighted by molar-refractivity contribution is 5.74. The Bertz CT molecular complexity index is 696. The largest absolute Gasteiger partial charge is 0.481 e. The minimum atomic E-state index is -4.45. The van der Waals surface area contributed by atoms with Crippen molar-refractivity contribution in [1.29, 1.82) is 0 Å². The molecule has 1 aliphatic carbocycles. The summed E-state index contributed by atoms with van der Waals surface area (Å²) in [7, 11) is 0. The van der Waals surface area contributed by atoms with Crippen LogP contribution in [0.25, 0.3) is 0 Å². The summed E-state index contributed by atoms with van der Waals surface area (Å²) in [4.78, 5) is 26.6. The van der Waals surface area contributed by atoms with Gasteiger partial charge in [-0.15, -0.1) is 0 Å². The first-order valence-electron chi connectivity index (χ1n) is 9.12. The second-order valence-electron chi connectivity index (χ2n) is 7.34. The molecule has 2 amide bonds. The highest BCUT2D eigenvalue weighted by Crippen LogP contribution is 2.30. The molecule has 3 rings (SSSR count). The highest BCUT2D eigenvalue weighted by atomic mass is 19.4. The number of nitrogens with zero attached hydrogens (tertiary/aromatic N) is 2. The molecule has 3 N–H and O–H groups in total. The molecule has 150 valence electrons. The van der Waals surface area contributed by atoms with Gasteiger partial charge in [0, 0.05) is 31.7 Å². The number of amides is 2. The lowest BCUT2D eigenvalue weighted by atomic mass is 9.86. The van der Waals surface area contributed by atoms with Crippen LogP contribution in [0.1, 0.15) is 43.6 Å². The number of urea groups is 1. The van der Waals surface area contributed by atoms with Crippen molar-refractivity contribution in [2.45, 2.75) is 57.3 Å². The van der Waals surface area contributed by atoms with Crippen molar-refractivity contribution in [3.8, 4) is 0 Å². The number of aryl methyl sites for hydroxylation is 1. The number of hydrogen-bond acceptors (Lipinski definition) is 3. The van der Waals surface area contributed by atoms with Crippen molar-refractivity contribution in [1.82, 2.24) is 20.2 Å². The van der Waals surface area contributed by atoms with Gasteiger partial charge in [-0.1, -0.05) is 0 Å². The number of carboxylic acid groups (broad SMARTS) is 1. The zero-order valence-corrected chi connectivity index (χ0v) is 14.8. The van der Waals surface area contributed by atoms with Crippen LogP contribution in [0.5, 0.6) is 0 Å². The molecular formula is C17H23F3N4O3. The van der Waals surface area contributed by atoms with Crippen LogP contribution in [0, 0.1) is 11.8 Å². The van der Waals surface area contributed by atoms with E-state index in [1.165, 1.54) is 4.57 Å². The molecule has 1 unspecified atom stereocenters. The number of carbonyl (C=O) groups excluding carboxylic acids is 1. The molecule has 1 saturated carbocycles. The number of carboxylic acids is 1. The van der Waals surface area contributed by atoms with E-state index >= 15 is 0 Å². The lowest BCUT2D eigenvalue weighted by Gasteiger charge is -2.28. The number of aliphatic carboxylic acids is 1. The molecule has 1 fully saturated rings. The van der Waals surface area contributed by atoms with Crippen molar-refractivity contribution < 1.29 is 27.9 Å². The quantitative estimate of drug-likeness (QED) is 0.738. The maximum atomic E-state index is 12.7. The van der Waals surface area contributed by atoms with Gasteiger partial charge in [0.05, 0.1) is 5.92 Å². The number of fused-ring (bicyclic) bond motifs is 1. The van der Waals surface area contributed by atoms with Crippen molar-refractivity contribution in [3.63, 3.8) is 0 Å². The molecule has 1 aliphatic heterocycles. The summed E-state index contributed by atoms with van der Waals surface area (Å²) in [5.41, 5.74) is -0.874. The number of nitrogens with one attached hydrogen (secondary N) is 2. The van der Waals surface area contributed by atoms with E-state index in [0.29, 0.717) is 57.4 Å². The number of aromatic nitrogens is 2. The van der Waals surface area contributed by atoms with Crippen LogP contribution in [0.3, 0.4) is 0 Å². The summed E-state index contributed by atoms with van der Waals surface area (Å²) in [6.07, 6.45) is 0.0577. The van der Waals surface area contributed by atoms with Crippen LogP contribution >= 0.6 is 0 Å². The van der Waals surface area contributed by atoms with Crippen LogP contribution in [0.4, 0.5) is 18.0 Å². The van der Waals surface area contributed by atoms with Crippen molar-refractivity contribution in [3.05, 3.63) is 17.7 Å². The summed E-state index contributed by atoms with van der Waals surface area (Å²) < 4.78 is 39.7. The molecule has 10 heteroatoms. The maximum absolute atomic E-state index is 12.7.